The van der Waals surface area contributed by atoms with Gasteiger partial charge in [0.1, 0.15) is 5.82 Å². The van der Waals surface area contributed by atoms with E-state index in [2.05, 4.69) is 0 Å². The molecule has 1 amide bonds. The summed E-state index contributed by atoms with van der Waals surface area (Å²) in [6.45, 7) is 0.670. The predicted octanol–water partition coefficient (Wildman–Crippen LogP) is 1.07. The molecule has 1 atom stereocenters. The summed E-state index contributed by atoms with van der Waals surface area (Å²) in [4.78, 5) is 24.5. The number of carboxylic acid groups (broad SMARTS) is 1. The second-order valence-electron chi connectivity index (χ2n) is 4.64. The van der Waals surface area contributed by atoms with E-state index in [0.29, 0.717) is 19.6 Å². The van der Waals surface area contributed by atoms with Crippen LogP contribution in [0.15, 0.2) is 24.3 Å². The van der Waals surface area contributed by atoms with E-state index in [9.17, 15) is 14.0 Å². The fourth-order valence-electron chi connectivity index (χ4n) is 2.15. The maximum atomic E-state index is 12.8. The topological polar surface area (TPSA) is 66.8 Å². The van der Waals surface area contributed by atoms with Crippen LogP contribution in [0.4, 0.5) is 4.39 Å². The van der Waals surface area contributed by atoms with Gasteiger partial charge in [0.25, 0.3) is 0 Å². The molecule has 2 rings (SSSR count). The zero-order chi connectivity index (χ0) is 14.5. The van der Waals surface area contributed by atoms with E-state index in [1.165, 1.54) is 17.0 Å². The summed E-state index contributed by atoms with van der Waals surface area (Å²) in [7, 11) is 0. The van der Waals surface area contributed by atoms with Gasteiger partial charge < -0.3 is 14.7 Å². The molecular formula is C14H16FNO4. The normalized spacial score (nSPS) is 18.9. The van der Waals surface area contributed by atoms with Crippen LogP contribution >= 0.6 is 0 Å². The average molecular weight is 281 g/mol. The SMILES string of the molecule is O=C(O)[C@@H]1COCCN1C(=O)CCc1ccc(F)cc1. The van der Waals surface area contributed by atoms with Crippen LogP contribution in [0, 0.1) is 5.82 Å². The maximum Gasteiger partial charge on any atom is 0.328 e. The summed E-state index contributed by atoms with van der Waals surface area (Å²) >= 11 is 0. The molecule has 0 unspecified atom stereocenters. The minimum atomic E-state index is -1.06. The predicted molar refractivity (Wildman–Crippen MR) is 68.7 cm³/mol. The van der Waals surface area contributed by atoms with Gasteiger partial charge in [0, 0.05) is 13.0 Å². The number of rotatable bonds is 4. The number of carbonyl (C=O) groups excluding carboxylic acids is 1. The van der Waals surface area contributed by atoms with Gasteiger partial charge in [-0.15, -0.1) is 0 Å². The molecule has 0 saturated carbocycles. The zero-order valence-electron chi connectivity index (χ0n) is 10.9. The molecule has 108 valence electrons. The van der Waals surface area contributed by atoms with Crippen LogP contribution in [0.3, 0.4) is 0 Å². The average Bonchev–Trinajstić information content (AvgIpc) is 2.46. The number of halogens is 1. The largest absolute Gasteiger partial charge is 0.480 e. The lowest BCUT2D eigenvalue weighted by atomic mass is 10.1. The number of carbonyl (C=O) groups is 2. The van der Waals surface area contributed by atoms with Crippen molar-refractivity contribution in [2.45, 2.75) is 18.9 Å². The van der Waals surface area contributed by atoms with Gasteiger partial charge in [-0.05, 0) is 24.1 Å². The second-order valence-corrected chi connectivity index (χ2v) is 4.64. The highest BCUT2D eigenvalue weighted by atomic mass is 19.1. The lowest BCUT2D eigenvalue weighted by Gasteiger charge is -2.32. The van der Waals surface area contributed by atoms with E-state index in [0.717, 1.165) is 5.56 Å². The van der Waals surface area contributed by atoms with Gasteiger partial charge in [0.15, 0.2) is 6.04 Å². The Balaban J connectivity index is 1.93. The molecule has 1 aliphatic rings. The number of amides is 1. The zero-order valence-corrected chi connectivity index (χ0v) is 10.9. The first kappa shape index (κ1) is 14.5. The lowest BCUT2D eigenvalue weighted by Crippen LogP contribution is -2.52. The number of aryl methyl sites for hydroxylation is 1. The van der Waals surface area contributed by atoms with Gasteiger partial charge in [0.05, 0.1) is 13.2 Å². The Hall–Kier alpha value is -1.95. The van der Waals surface area contributed by atoms with Crippen LogP contribution in [-0.4, -0.2) is 47.7 Å². The van der Waals surface area contributed by atoms with Crippen LogP contribution in [0.5, 0.6) is 0 Å². The van der Waals surface area contributed by atoms with Crippen molar-refractivity contribution < 1.29 is 23.8 Å². The molecule has 1 aromatic carbocycles. The van der Waals surface area contributed by atoms with Crippen molar-refractivity contribution in [3.05, 3.63) is 35.6 Å². The third-order valence-electron chi connectivity index (χ3n) is 3.27. The third kappa shape index (κ3) is 3.54. The van der Waals surface area contributed by atoms with E-state index >= 15 is 0 Å². The highest BCUT2D eigenvalue weighted by Gasteiger charge is 2.32. The van der Waals surface area contributed by atoms with Crippen molar-refractivity contribution in [2.75, 3.05) is 19.8 Å². The molecule has 0 radical (unpaired) electrons. The molecule has 0 spiro atoms. The van der Waals surface area contributed by atoms with Crippen molar-refractivity contribution in [2.24, 2.45) is 0 Å². The quantitative estimate of drug-likeness (QED) is 0.896. The molecule has 0 aliphatic carbocycles. The maximum absolute atomic E-state index is 12.8. The monoisotopic (exact) mass is 281 g/mol. The van der Waals surface area contributed by atoms with Gasteiger partial charge in [-0.1, -0.05) is 12.1 Å². The first-order valence-corrected chi connectivity index (χ1v) is 6.42. The Kier molecular flexibility index (Phi) is 4.68. The second kappa shape index (κ2) is 6.47. The van der Waals surface area contributed by atoms with Crippen molar-refractivity contribution in [1.82, 2.24) is 4.90 Å². The summed E-state index contributed by atoms with van der Waals surface area (Å²) in [5.74, 6) is -1.59. The molecular weight excluding hydrogens is 265 g/mol. The van der Waals surface area contributed by atoms with Gasteiger partial charge in [0.2, 0.25) is 5.91 Å². The summed E-state index contributed by atoms with van der Waals surface area (Å²) in [6, 6.07) is 5.01. The number of aliphatic carboxylic acids is 1. The van der Waals surface area contributed by atoms with Crippen LogP contribution in [-0.2, 0) is 20.7 Å². The number of benzene rings is 1. The smallest absolute Gasteiger partial charge is 0.328 e. The number of morpholine rings is 1. The van der Waals surface area contributed by atoms with E-state index in [4.69, 9.17) is 9.84 Å². The molecule has 0 bridgehead atoms. The first-order valence-electron chi connectivity index (χ1n) is 6.42. The molecule has 1 aromatic rings. The summed E-state index contributed by atoms with van der Waals surface area (Å²) < 4.78 is 17.8. The summed E-state index contributed by atoms with van der Waals surface area (Å²) in [5, 5.41) is 9.06. The highest BCUT2D eigenvalue weighted by molar-refractivity contribution is 5.84. The van der Waals surface area contributed by atoms with Gasteiger partial charge in [-0.25, -0.2) is 9.18 Å². The third-order valence-corrected chi connectivity index (χ3v) is 3.27. The Bertz CT molecular complexity index is 488. The molecule has 0 aromatic heterocycles. The van der Waals surface area contributed by atoms with Crippen LogP contribution in [0.1, 0.15) is 12.0 Å². The van der Waals surface area contributed by atoms with Gasteiger partial charge in [-0.2, -0.15) is 0 Å². The van der Waals surface area contributed by atoms with Crippen molar-refractivity contribution in [3.8, 4) is 0 Å². The Morgan fingerprint density at radius 1 is 1.35 bits per heavy atom. The number of ether oxygens (including phenoxy) is 1. The Morgan fingerprint density at radius 2 is 2.05 bits per heavy atom. The van der Waals surface area contributed by atoms with Gasteiger partial charge >= 0.3 is 5.97 Å². The van der Waals surface area contributed by atoms with Crippen LogP contribution in [0.2, 0.25) is 0 Å². The fraction of sp³-hybridized carbons (Fsp3) is 0.429. The number of hydrogen-bond acceptors (Lipinski definition) is 3. The molecule has 6 heteroatoms. The van der Waals surface area contributed by atoms with Crippen LogP contribution in [0.25, 0.3) is 0 Å². The highest BCUT2D eigenvalue weighted by Crippen LogP contribution is 2.12. The lowest BCUT2D eigenvalue weighted by molar-refractivity contribution is -0.158. The summed E-state index contributed by atoms with van der Waals surface area (Å²) in [5.41, 5.74) is 0.847. The molecule has 1 saturated heterocycles. The molecule has 1 heterocycles. The molecule has 20 heavy (non-hydrogen) atoms. The number of hydrogen-bond donors (Lipinski definition) is 1. The molecule has 1 aliphatic heterocycles. The van der Waals surface area contributed by atoms with E-state index in [1.807, 2.05) is 0 Å². The Labute approximate surface area is 116 Å². The fourth-order valence-corrected chi connectivity index (χ4v) is 2.15. The minimum absolute atomic E-state index is 0.0254. The van der Waals surface area contributed by atoms with Crippen LogP contribution < -0.4 is 0 Å². The van der Waals surface area contributed by atoms with Crippen molar-refractivity contribution in [1.29, 1.82) is 0 Å². The Morgan fingerprint density at radius 3 is 2.70 bits per heavy atom. The summed E-state index contributed by atoms with van der Waals surface area (Å²) in [6.07, 6.45) is 0.665. The van der Waals surface area contributed by atoms with E-state index < -0.39 is 12.0 Å². The van der Waals surface area contributed by atoms with Crippen molar-refractivity contribution in [3.63, 3.8) is 0 Å². The number of nitrogens with zero attached hydrogens (tertiary/aromatic N) is 1. The number of carboxylic acids is 1. The molecule has 1 fully saturated rings. The molecule has 1 N–H and O–H groups in total. The first-order chi connectivity index (χ1) is 9.58. The van der Waals surface area contributed by atoms with E-state index in [-0.39, 0.29) is 24.8 Å². The molecule has 5 nitrogen and oxygen atoms in total. The van der Waals surface area contributed by atoms with Crippen molar-refractivity contribution >= 4 is 11.9 Å². The van der Waals surface area contributed by atoms with E-state index in [1.54, 1.807) is 12.1 Å². The minimum Gasteiger partial charge on any atom is -0.480 e. The van der Waals surface area contributed by atoms with Gasteiger partial charge in [-0.3, -0.25) is 4.79 Å². The standard InChI is InChI=1S/C14H16FNO4/c15-11-4-1-10(2-5-11)3-6-13(17)16-7-8-20-9-12(16)14(18)19/h1-2,4-5,12H,3,6-9H2,(H,18,19)/t12-/m0/s1.